The van der Waals surface area contributed by atoms with Crippen LogP contribution in [0, 0.1) is 11.3 Å². The zero-order chi connectivity index (χ0) is 12.6. The van der Waals surface area contributed by atoms with E-state index < -0.39 is 0 Å². The minimum absolute atomic E-state index is 0.111. The first kappa shape index (κ1) is 12.4. The summed E-state index contributed by atoms with van der Waals surface area (Å²) in [6.07, 6.45) is 1.24. The summed E-state index contributed by atoms with van der Waals surface area (Å²) in [5.41, 5.74) is 7.45. The van der Waals surface area contributed by atoms with E-state index in [1.807, 2.05) is 12.1 Å². The first-order valence-corrected chi connectivity index (χ1v) is 6.69. The number of anilines is 1. The Morgan fingerprint density at radius 1 is 1.47 bits per heavy atom. The van der Waals surface area contributed by atoms with Gasteiger partial charge in [-0.05, 0) is 53.4 Å². The Kier molecular flexibility index (Phi) is 3.43. The lowest BCUT2D eigenvalue weighted by atomic mass is 10.1. The van der Waals surface area contributed by atoms with Crippen molar-refractivity contribution < 1.29 is 0 Å². The standard InChI is InChI=1S/C13H18BrN3/c1-8-5-9(2)17(7-8)12-4-3-10(13(15)16)6-11(12)14/h3-4,6,8-9H,5,7H2,1-2H3,(H3,15,16). The maximum absolute atomic E-state index is 7.43. The monoisotopic (exact) mass is 295 g/mol. The topological polar surface area (TPSA) is 53.1 Å². The number of amidine groups is 1. The van der Waals surface area contributed by atoms with Crippen molar-refractivity contribution in [3.63, 3.8) is 0 Å². The normalized spacial score (nSPS) is 24.1. The molecule has 3 N–H and O–H groups in total. The van der Waals surface area contributed by atoms with E-state index >= 15 is 0 Å². The van der Waals surface area contributed by atoms with E-state index in [1.54, 1.807) is 0 Å². The molecule has 1 fully saturated rings. The van der Waals surface area contributed by atoms with E-state index in [2.05, 4.69) is 40.7 Å². The van der Waals surface area contributed by atoms with Gasteiger partial charge in [-0.1, -0.05) is 6.92 Å². The van der Waals surface area contributed by atoms with Crippen molar-refractivity contribution in [2.75, 3.05) is 11.4 Å². The third-order valence-electron chi connectivity index (χ3n) is 3.35. The lowest BCUT2D eigenvalue weighted by Gasteiger charge is -2.25. The SMILES string of the molecule is CC1CC(C)N(c2ccc(C(=N)N)cc2Br)C1. The number of hydrogen-bond donors (Lipinski definition) is 2. The fourth-order valence-corrected chi connectivity index (χ4v) is 3.15. The molecule has 92 valence electrons. The van der Waals surface area contributed by atoms with Crippen LogP contribution in [0.25, 0.3) is 0 Å². The zero-order valence-electron chi connectivity index (χ0n) is 10.2. The van der Waals surface area contributed by atoms with Gasteiger partial charge in [0.2, 0.25) is 0 Å². The van der Waals surface area contributed by atoms with Crippen molar-refractivity contribution in [2.24, 2.45) is 11.7 Å². The van der Waals surface area contributed by atoms with Crippen molar-refractivity contribution in [2.45, 2.75) is 26.3 Å². The van der Waals surface area contributed by atoms with Gasteiger partial charge in [0.1, 0.15) is 5.84 Å². The van der Waals surface area contributed by atoms with Crippen LogP contribution in [0.5, 0.6) is 0 Å². The fourth-order valence-electron chi connectivity index (χ4n) is 2.54. The summed E-state index contributed by atoms with van der Waals surface area (Å²) >= 11 is 3.58. The van der Waals surface area contributed by atoms with Crippen LogP contribution in [-0.2, 0) is 0 Å². The molecule has 2 rings (SSSR count). The molecule has 1 aromatic carbocycles. The largest absolute Gasteiger partial charge is 0.384 e. The van der Waals surface area contributed by atoms with E-state index in [-0.39, 0.29) is 5.84 Å². The van der Waals surface area contributed by atoms with Gasteiger partial charge < -0.3 is 10.6 Å². The highest BCUT2D eigenvalue weighted by Gasteiger charge is 2.27. The molecule has 4 heteroatoms. The summed E-state index contributed by atoms with van der Waals surface area (Å²) in [6.45, 7) is 5.64. The summed E-state index contributed by atoms with van der Waals surface area (Å²) < 4.78 is 1.02. The lowest BCUT2D eigenvalue weighted by molar-refractivity contribution is 0.625. The highest BCUT2D eigenvalue weighted by atomic mass is 79.9. The Morgan fingerprint density at radius 2 is 2.18 bits per heavy atom. The molecule has 2 unspecified atom stereocenters. The summed E-state index contributed by atoms with van der Waals surface area (Å²) in [4.78, 5) is 2.42. The molecule has 0 aliphatic carbocycles. The smallest absolute Gasteiger partial charge is 0.122 e. The van der Waals surface area contributed by atoms with Gasteiger partial charge in [-0.2, -0.15) is 0 Å². The molecular weight excluding hydrogens is 278 g/mol. The van der Waals surface area contributed by atoms with Crippen molar-refractivity contribution in [3.8, 4) is 0 Å². The van der Waals surface area contributed by atoms with Crippen molar-refractivity contribution >= 4 is 27.5 Å². The van der Waals surface area contributed by atoms with E-state index in [9.17, 15) is 0 Å². The first-order chi connectivity index (χ1) is 7.99. The van der Waals surface area contributed by atoms with Crippen LogP contribution in [0.1, 0.15) is 25.8 Å². The van der Waals surface area contributed by atoms with Crippen LogP contribution in [0.4, 0.5) is 5.69 Å². The Labute approximate surface area is 111 Å². The van der Waals surface area contributed by atoms with E-state index in [1.165, 1.54) is 12.1 Å². The number of benzene rings is 1. The molecule has 0 amide bonds. The number of nitrogen functional groups attached to an aromatic ring is 1. The molecule has 0 aromatic heterocycles. The molecule has 17 heavy (non-hydrogen) atoms. The van der Waals surface area contributed by atoms with Gasteiger partial charge in [0.15, 0.2) is 0 Å². The highest BCUT2D eigenvalue weighted by molar-refractivity contribution is 9.10. The highest BCUT2D eigenvalue weighted by Crippen LogP contribution is 2.34. The molecule has 1 saturated heterocycles. The Bertz CT molecular complexity index is 444. The minimum Gasteiger partial charge on any atom is -0.384 e. The lowest BCUT2D eigenvalue weighted by Crippen LogP contribution is -2.27. The fraction of sp³-hybridized carbons (Fsp3) is 0.462. The van der Waals surface area contributed by atoms with Gasteiger partial charge in [0.25, 0.3) is 0 Å². The van der Waals surface area contributed by atoms with Crippen LogP contribution >= 0.6 is 15.9 Å². The minimum atomic E-state index is 0.111. The molecule has 2 atom stereocenters. The molecule has 0 bridgehead atoms. The van der Waals surface area contributed by atoms with Crippen LogP contribution in [-0.4, -0.2) is 18.4 Å². The number of rotatable bonds is 2. The number of nitrogens with one attached hydrogen (secondary N) is 1. The maximum atomic E-state index is 7.43. The number of halogens is 1. The Morgan fingerprint density at radius 3 is 2.65 bits per heavy atom. The van der Waals surface area contributed by atoms with Crippen LogP contribution < -0.4 is 10.6 Å². The maximum Gasteiger partial charge on any atom is 0.122 e. The van der Waals surface area contributed by atoms with E-state index in [4.69, 9.17) is 11.1 Å². The molecular formula is C13H18BrN3. The number of nitrogens with zero attached hydrogens (tertiary/aromatic N) is 1. The molecule has 3 nitrogen and oxygen atoms in total. The molecule has 0 radical (unpaired) electrons. The van der Waals surface area contributed by atoms with Crippen LogP contribution in [0.3, 0.4) is 0 Å². The van der Waals surface area contributed by atoms with Crippen LogP contribution in [0.2, 0.25) is 0 Å². The van der Waals surface area contributed by atoms with Gasteiger partial charge in [-0.15, -0.1) is 0 Å². The van der Waals surface area contributed by atoms with Gasteiger partial charge in [-0.25, -0.2) is 0 Å². The summed E-state index contributed by atoms with van der Waals surface area (Å²) in [6, 6.07) is 6.46. The quantitative estimate of drug-likeness (QED) is 0.651. The number of nitrogens with two attached hydrogens (primary N) is 1. The Balaban J connectivity index is 2.31. The third kappa shape index (κ3) is 2.46. The van der Waals surface area contributed by atoms with Crippen LogP contribution in [0.15, 0.2) is 22.7 Å². The van der Waals surface area contributed by atoms with Gasteiger partial charge in [0.05, 0.1) is 5.69 Å². The Hall–Kier alpha value is -1.03. The molecule has 1 aliphatic heterocycles. The molecule has 1 aromatic rings. The van der Waals surface area contributed by atoms with Gasteiger partial charge in [0, 0.05) is 22.6 Å². The van der Waals surface area contributed by atoms with Gasteiger partial charge in [-0.3, -0.25) is 5.41 Å². The van der Waals surface area contributed by atoms with Crippen molar-refractivity contribution in [1.29, 1.82) is 5.41 Å². The van der Waals surface area contributed by atoms with Gasteiger partial charge >= 0.3 is 0 Å². The summed E-state index contributed by atoms with van der Waals surface area (Å²) in [5.74, 6) is 0.851. The molecule has 0 spiro atoms. The average molecular weight is 296 g/mol. The van der Waals surface area contributed by atoms with Crippen molar-refractivity contribution in [3.05, 3.63) is 28.2 Å². The average Bonchev–Trinajstić information content (AvgIpc) is 2.57. The molecule has 1 aliphatic rings. The second-order valence-corrected chi connectivity index (χ2v) is 5.78. The number of hydrogen-bond acceptors (Lipinski definition) is 2. The first-order valence-electron chi connectivity index (χ1n) is 5.89. The third-order valence-corrected chi connectivity index (χ3v) is 3.99. The second-order valence-electron chi connectivity index (χ2n) is 4.92. The summed E-state index contributed by atoms with van der Waals surface area (Å²) in [5, 5.41) is 7.43. The predicted octanol–water partition coefficient (Wildman–Crippen LogP) is 2.97. The van der Waals surface area contributed by atoms with Crippen molar-refractivity contribution in [1.82, 2.24) is 0 Å². The summed E-state index contributed by atoms with van der Waals surface area (Å²) in [7, 11) is 0. The molecule has 1 heterocycles. The predicted molar refractivity (Wildman–Crippen MR) is 75.7 cm³/mol. The zero-order valence-corrected chi connectivity index (χ0v) is 11.8. The second kappa shape index (κ2) is 4.69. The van der Waals surface area contributed by atoms with E-state index in [0.29, 0.717) is 6.04 Å². The van der Waals surface area contributed by atoms with E-state index in [0.717, 1.165) is 22.5 Å². The molecule has 0 saturated carbocycles.